The minimum Gasteiger partial charge on any atom is -0.320 e. The number of rotatable bonds is 2. The lowest BCUT2D eigenvalue weighted by Crippen LogP contribution is -2.46. The average Bonchev–Trinajstić information content (AvgIpc) is 2.70. The second kappa shape index (κ2) is 5.52. The van der Waals surface area contributed by atoms with Gasteiger partial charge in [0.05, 0.1) is 6.04 Å². The normalized spacial score (nSPS) is 15.4. The Bertz CT molecular complexity index is 406. The Morgan fingerprint density at radius 3 is 2.65 bits per heavy atom. The summed E-state index contributed by atoms with van der Waals surface area (Å²) in [5.41, 5.74) is 8.18. The van der Waals surface area contributed by atoms with E-state index < -0.39 is 6.04 Å². The molecule has 1 aromatic carbocycles. The summed E-state index contributed by atoms with van der Waals surface area (Å²) in [6, 6.07) is 7.64. The van der Waals surface area contributed by atoms with E-state index in [9.17, 15) is 4.79 Å². The molecular formula is C13H19ClN2O. The van der Waals surface area contributed by atoms with E-state index in [1.807, 2.05) is 36.9 Å². The molecule has 1 aliphatic rings. The fourth-order valence-electron chi connectivity index (χ4n) is 2.03. The third kappa shape index (κ3) is 2.61. The second-order valence-electron chi connectivity index (χ2n) is 4.64. The van der Waals surface area contributed by atoms with Crippen LogP contribution in [0.4, 0.5) is 5.69 Å². The molecule has 0 fully saturated rings. The van der Waals surface area contributed by atoms with Crippen molar-refractivity contribution in [2.24, 2.45) is 11.7 Å². The topological polar surface area (TPSA) is 46.3 Å². The molecule has 0 saturated heterocycles. The highest BCUT2D eigenvalue weighted by Gasteiger charge is 2.29. The van der Waals surface area contributed by atoms with Crippen LogP contribution in [0, 0.1) is 5.92 Å². The summed E-state index contributed by atoms with van der Waals surface area (Å²) in [5, 5.41) is 0. The van der Waals surface area contributed by atoms with Gasteiger partial charge < -0.3 is 10.6 Å². The van der Waals surface area contributed by atoms with Gasteiger partial charge in [-0.1, -0.05) is 32.0 Å². The number of benzene rings is 1. The molecule has 2 rings (SSSR count). The number of hydrogen-bond acceptors (Lipinski definition) is 2. The van der Waals surface area contributed by atoms with E-state index in [0.29, 0.717) is 0 Å². The molecule has 3 nitrogen and oxygen atoms in total. The van der Waals surface area contributed by atoms with Gasteiger partial charge in [0, 0.05) is 12.2 Å². The van der Waals surface area contributed by atoms with Crippen molar-refractivity contribution in [1.82, 2.24) is 0 Å². The Labute approximate surface area is 108 Å². The molecule has 0 spiro atoms. The van der Waals surface area contributed by atoms with Crippen LogP contribution in [0.1, 0.15) is 19.4 Å². The molecule has 1 amide bonds. The SMILES string of the molecule is CC(C)[C@@H](N)C(=O)N1CCc2ccccc21.Cl. The highest BCUT2D eigenvalue weighted by Crippen LogP contribution is 2.28. The van der Waals surface area contributed by atoms with Crippen LogP contribution >= 0.6 is 12.4 Å². The van der Waals surface area contributed by atoms with Gasteiger partial charge in [-0.3, -0.25) is 4.79 Å². The predicted octanol–water partition coefficient (Wildman–Crippen LogP) is 1.98. The zero-order chi connectivity index (χ0) is 11.7. The Kier molecular flexibility index (Phi) is 4.54. The summed E-state index contributed by atoms with van der Waals surface area (Å²) in [4.78, 5) is 14.0. The minimum atomic E-state index is -0.397. The first kappa shape index (κ1) is 14.0. The Morgan fingerprint density at radius 2 is 2.00 bits per heavy atom. The lowest BCUT2D eigenvalue weighted by atomic mass is 10.0. The maximum absolute atomic E-state index is 12.2. The summed E-state index contributed by atoms with van der Waals surface area (Å²) in [5.74, 6) is 0.222. The Hall–Kier alpha value is -1.06. The first-order chi connectivity index (χ1) is 7.61. The number of amides is 1. The van der Waals surface area contributed by atoms with Gasteiger partial charge in [-0.05, 0) is 24.0 Å². The van der Waals surface area contributed by atoms with Crippen LogP contribution in [0.15, 0.2) is 24.3 Å². The smallest absolute Gasteiger partial charge is 0.244 e. The number of anilines is 1. The van der Waals surface area contributed by atoms with Gasteiger partial charge in [-0.2, -0.15) is 0 Å². The molecule has 1 heterocycles. The van der Waals surface area contributed by atoms with Crippen molar-refractivity contribution in [3.63, 3.8) is 0 Å². The molecule has 0 radical (unpaired) electrons. The number of halogens is 1. The fraction of sp³-hybridized carbons (Fsp3) is 0.462. The summed E-state index contributed by atoms with van der Waals surface area (Å²) < 4.78 is 0. The summed E-state index contributed by atoms with van der Waals surface area (Å²) in [6.45, 7) is 4.72. The third-order valence-electron chi connectivity index (χ3n) is 3.16. The second-order valence-corrected chi connectivity index (χ2v) is 4.64. The van der Waals surface area contributed by atoms with Gasteiger partial charge in [-0.25, -0.2) is 0 Å². The quantitative estimate of drug-likeness (QED) is 0.877. The van der Waals surface area contributed by atoms with E-state index >= 15 is 0 Å². The van der Waals surface area contributed by atoms with Gasteiger partial charge in [0.1, 0.15) is 0 Å². The molecule has 0 unspecified atom stereocenters. The van der Waals surface area contributed by atoms with E-state index in [-0.39, 0.29) is 24.2 Å². The summed E-state index contributed by atoms with van der Waals surface area (Å²) in [7, 11) is 0. The minimum absolute atomic E-state index is 0. The van der Waals surface area contributed by atoms with Gasteiger partial charge in [-0.15, -0.1) is 12.4 Å². The average molecular weight is 255 g/mol. The van der Waals surface area contributed by atoms with Crippen molar-refractivity contribution in [2.45, 2.75) is 26.3 Å². The lowest BCUT2D eigenvalue weighted by Gasteiger charge is -2.23. The zero-order valence-corrected chi connectivity index (χ0v) is 11.0. The molecule has 0 aromatic heterocycles. The first-order valence-electron chi connectivity index (χ1n) is 5.76. The maximum atomic E-state index is 12.2. The van der Waals surface area contributed by atoms with Crippen molar-refractivity contribution in [3.8, 4) is 0 Å². The van der Waals surface area contributed by atoms with E-state index in [1.165, 1.54) is 5.56 Å². The number of nitrogens with two attached hydrogens (primary N) is 1. The van der Waals surface area contributed by atoms with E-state index in [0.717, 1.165) is 18.7 Å². The molecule has 0 aliphatic carbocycles. The Balaban J connectivity index is 0.00000144. The number of fused-ring (bicyclic) bond motifs is 1. The van der Waals surface area contributed by atoms with E-state index in [2.05, 4.69) is 6.07 Å². The molecule has 1 aromatic rings. The van der Waals surface area contributed by atoms with Crippen LogP contribution in [0.2, 0.25) is 0 Å². The number of nitrogens with zero attached hydrogens (tertiary/aromatic N) is 1. The van der Waals surface area contributed by atoms with Crippen molar-refractivity contribution in [3.05, 3.63) is 29.8 Å². The van der Waals surface area contributed by atoms with Gasteiger partial charge >= 0.3 is 0 Å². The van der Waals surface area contributed by atoms with Crippen LogP contribution in [0.3, 0.4) is 0 Å². The fourth-order valence-corrected chi connectivity index (χ4v) is 2.03. The van der Waals surface area contributed by atoms with Crippen molar-refractivity contribution in [1.29, 1.82) is 0 Å². The largest absolute Gasteiger partial charge is 0.320 e. The standard InChI is InChI=1S/C13H18N2O.ClH/c1-9(2)12(14)13(16)15-8-7-10-5-3-4-6-11(10)15;/h3-6,9,12H,7-8,14H2,1-2H3;1H/t12-;/m1./s1. The third-order valence-corrected chi connectivity index (χ3v) is 3.16. The van der Waals surface area contributed by atoms with Crippen LogP contribution in [-0.4, -0.2) is 18.5 Å². The molecule has 0 bridgehead atoms. The van der Waals surface area contributed by atoms with E-state index in [1.54, 1.807) is 0 Å². The van der Waals surface area contributed by atoms with Gasteiger partial charge in [0.25, 0.3) is 0 Å². The highest BCUT2D eigenvalue weighted by atomic mass is 35.5. The van der Waals surface area contributed by atoms with Crippen LogP contribution in [0.25, 0.3) is 0 Å². The number of carbonyl (C=O) groups excluding carboxylic acids is 1. The Morgan fingerprint density at radius 1 is 1.35 bits per heavy atom. The monoisotopic (exact) mass is 254 g/mol. The molecule has 1 atom stereocenters. The molecule has 2 N–H and O–H groups in total. The molecule has 0 saturated carbocycles. The summed E-state index contributed by atoms with van der Waals surface area (Å²) in [6.07, 6.45) is 0.937. The van der Waals surface area contributed by atoms with Crippen molar-refractivity contribution < 1.29 is 4.79 Å². The highest BCUT2D eigenvalue weighted by molar-refractivity contribution is 5.98. The molecule has 1 aliphatic heterocycles. The maximum Gasteiger partial charge on any atom is 0.244 e. The number of para-hydroxylation sites is 1. The molecular weight excluding hydrogens is 236 g/mol. The molecule has 4 heteroatoms. The first-order valence-corrected chi connectivity index (χ1v) is 5.76. The van der Waals surface area contributed by atoms with Gasteiger partial charge in [0.15, 0.2) is 0 Å². The molecule has 17 heavy (non-hydrogen) atoms. The van der Waals surface area contributed by atoms with Crippen molar-refractivity contribution >= 4 is 24.0 Å². The van der Waals surface area contributed by atoms with Crippen LogP contribution < -0.4 is 10.6 Å². The van der Waals surface area contributed by atoms with Crippen molar-refractivity contribution in [2.75, 3.05) is 11.4 Å². The predicted molar refractivity (Wildman–Crippen MR) is 72.6 cm³/mol. The number of hydrogen-bond donors (Lipinski definition) is 1. The van der Waals surface area contributed by atoms with Crippen LogP contribution in [0.5, 0.6) is 0 Å². The lowest BCUT2D eigenvalue weighted by molar-refractivity contribution is -0.120. The van der Waals surface area contributed by atoms with Crippen LogP contribution in [-0.2, 0) is 11.2 Å². The summed E-state index contributed by atoms with van der Waals surface area (Å²) >= 11 is 0. The molecule has 94 valence electrons. The zero-order valence-electron chi connectivity index (χ0n) is 10.2. The van der Waals surface area contributed by atoms with E-state index in [4.69, 9.17) is 5.73 Å². The van der Waals surface area contributed by atoms with Gasteiger partial charge in [0.2, 0.25) is 5.91 Å². The number of carbonyl (C=O) groups is 1.